The summed E-state index contributed by atoms with van der Waals surface area (Å²) in [5.41, 5.74) is -0.557. The van der Waals surface area contributed by atoms with Crippen LogP contribution in [0.4, 0.5) is 0 Å². The monoisotopic (exact) mass is 220 g/mol. The van der Waals surface area contributed by atoms with Crippen LogP contribution in [0.5, 0.6) is 0 Å². The highest BCUT2D eigenvalue weighted by Gasteiger charge is 2.38. The van der Waals surface area contributed by atoms with Crippen molar-refractivity contribution < 1.29 is 4.79 Å². The molecule has 1 amide bonds. The summed E-state index contributed by atoms with van der Waals surface area (Å²) in [5.74, 6) is 0.748. The Morgan fingerprint density at radius 1 is 1.38 bits per heavy atom. The first-order chi connectivity index (χ1) is 7.67. The Bertz CT molecular complexity index is 308. The smallest absolute Gasteiger partial charge is 0.224 e. The standard InChI is InChI=1S/C13H20N2O/c1-10(11-5-6-11)12(16)15-13(9-14)7-3-2-4-8-13/h10-11H,2-8H2,1H3,(H,15,16). The maximum Gasteiger partial charge on any atom is 0.224 e. The lowest BCUT2D eigenvalue weighted by Gasteiger charge is -2.32. The van der Waals surface area contributed by atoms with Gasteiger partial charge in [-0.15, -0.1) is 0 Å². The average molecular weight is 220 g/mol. The van der Waals surface area contributed by atoms with Crippen LogP contribution in [0, 0.1) is 23.2 Å². The number of hydrogen-bond acceptors (Lipinski definition) is 2. The van der Waals surface area contributed by atoms with Gasteiger partial charge < -0.3 is 5.32 Å². The van der Waals surface area contributed by atoms with Gasteiger partial charge in [0.1, 0.15) is 5.54 Å². The molecular formula is C13H20N2O. The second kappa shape index (κ2) is 4.45. The topological polar surface area (TPSA) is 52.9 Å². The fourth-order valence-electron chi connectivity index (χ4n) is 2.58. The molecule has 2 fully saturated rings. The molecule has 88 valence electrons. The van der Waals surface area contributed by atoms with Gasteiger partial charge in [0.15, 0.2) is 0 Å². The lowest BCUT2D eigenvalue weighted by molar-refractivity contribution is -0.126. The van der Waals surface area contributed by atoms with Crippen molar-refractivity contribution in [2.24, 2.45) is 11.8 Å². The summed E-state index contributed by atoms with van der Waals surface area (Å²) in [4.78, 5) is 12.0. The number of nitriles is 1. The molecule has 16 heavy (non-hydrogen) atoms. The lowest BCUT2D eigenvalue weighted by atomic mass is 9.82. The minimum Gasteiger partial charge on any atom is -0.338 e. The molecule has 2 aliphatic carbocycles. The molecule has 0 saturated heterocycles. The zero-order valence-corrected chi connectivity index (χ0v) is 9.96. The molecule has 0 spiro atoms. The molecule has 1 N–H and O–H groups in total. The lowest BCUT2D eigenvalue weighted by Crippen LogP contribution is -2.50. The zero-order chi connectivity index (χ0) is 11.6. The number of rotatable bonds is 3. The quantitative estimate of drug-likeness (QED) is 0.794. The van der Waals surface area contributed by atoms with E-state index in [4.69, 9.17) is 0 Å². The van der Waals surface area contributed by atoms with Crippen LogP contribution < -0.4 is 5.32 Å². The summed E-state index contributed by atoms with van der Waals surface area (Å²) < 4.78 is 0. The van der Waals surface area contributed by atoms with E-state index < -0.39 is 5.54 Å². The highest BCUT2D eigenvalue weighted by Crippen LogP contribution is 2.37. The summed E-state index contributed by atoms with van der Waals surface area (Å²) in [6.45, 7) is 1.99. The second-order valence-electron chi connectivity index (χ2n) is 5.37. The van der Waals surface area contributed by atoms with Gasteiger partial charge in [-0.2, -0.15) is 5.26 Å². The third-order valence-electron chi connectivity index (χ3n) is 4.03. The first-order valence-corrected chi connectivity index (χ1v) is 6.40. The van der Waals surface area contributed by atoms with Crippen LogP contribution in [-0.2, 0) is 4.79 Å². The molecule has 0 aromatic heterocycles. The van der Waals surface area contributed by atoms with Crippen molar-refractivity contribution in [1.82, 2.24) is 5.32 Å². The number of amides is 1. The molecule has 3 heteroatoms. The van der Waals surface area contributed by atoms with E-state index in [2.05, 4.69) is 11.4 Å². The van der Waals surface area contributed by atoms with Crippen LogP contribution in [0.3, 0.4) is 0 Å². The molecule has 1 atom stereocenters. The van der Waals surface area contributed by atoms with Crippen LogP contribution >= 0.6 is 0 Å². The van der Waals surface area contributed by atoms with Gasteiger partial charge in [-0.25, -0.2) is 0 Å². The average Bonchev–Trinajstić information content (AvgIpc) is 3.13. The first kappa shape index (κ1) is 11.4. The molecule has 1 unspecified atom stereocenters. The van der Waals surface area contributed by atoms with Crippen molar-refractivity contribution in [3.8, 4) is 6.07 Å². The Kier molecular flexibility index (Phi) is 3.18. The Balaban J connectivity index is 1.95. The van der Waals surface area contributed by atoms with E-state index >= 15 is 0 Å². The fraction of sp³-hybridized carbons (Fsp3) is 0.846. The van der Waals surface area contributed by atoms with Gasteiger partial charge in [-0.3, -0.25) is 4.79 Å². The van der Waals surface area contributed by atoms with Gasteiger partial charge >= 0.3 is 0 Å². The molecule has 0 bridgehead atoms. The van der Waals surface area contributed by atoms with Crippen LogP contribution in [0.15, 0.2) is 0 Å². The van der Waals surface area contributed by atoms with E-state index in [1.54, 1.807) is 0 Å². The zero-order valence-electron chi connectivity index (χ0n) is 9.96. The van der Waals surface area contributed by atoms with E-state index in [0.29, 0.717) is 5.92 Å². The van der Waals surface area contributed by atoms with Crippen molar-refractivity contribution in [3.05, 3.63) is 0 Å². The number of hydrogen-bond donors (Lipinski definition) is 1. The summed E-state index contributed by atoms with van der Waals surface area (Å²) in [6.07, 6.45) is 7.32. The predicted molar refractivity (Wildman–Crippen MR) is 61.5 cm³/mol. The summed E-state index contributed by atoms with van der Waals surface area (Å²) in [7, 11) is 0. The van der Waals surface area contributed by atoms with Crippen LogP contribution in [0.1, 0.15) is 51.9 Å². The molecule has 0 radical (unpaired) electrons. The maximum absolute atomic E-state index is 12.0. The van der Waals surface area contributed by atoms with Gasteiger partial charge in [0.2, 0.25) is 5.91 Å². The summed E-state index contributed by atoms with van der Waals surface area (Å²) >= 11 is 0. The van der Waals surface area contributed by atoms with Crippen molar-refractivity contribution in [2.75, 3.05) is 0 Å². The van der Waals surface area contributed by atoms with Crippen molar-refractivity contribution in [3.63, 3.8) is 0 Å². The minimum absolute atomic E-state index is 0.0888. The van der Waals surface area contributed by atoms with E-state index in [1.165, 1.54) is 19.3 Å². The molecule has 0 heterocycles. The van der Waals surface area contributed by atoms with E-state index in [-0.39, 0.29) is 11.8 Å². The SMILES string of the molecule is CC(C(=O)NC1(C#N)CCCCC1)C1CC1. The number of carbonyl (C=O) groups is 1. The van der Waals surface area contributed by atoms with Gasteiger partial charge in [-0.1, -0.05) is 26.2 Å². The molecule has 0 aromatic rings. The Hall–Kier alpha value is -1.04. The number of nitrogens with one attached hydrogen (secondary N) is 1. The van der Waals surface area contributed by atoms with Crippen molar-refractivity contribution in [2.45, 2.75) is 57.4 Å². The van der Waals surface area contributed by atoms with E-state index in [0.717, 1.165) is 25.7 Å². The van der Waals surface area contributed by atoms with Gasteiger partial charge in [-0.05, 0) is 31.6 Å². The minimum atomic E-state index is -0.557. The fourth-order valence-corrected chi connectivity index (χ4v) is 2.58. The Morgan fingerprint density at radius 2 is 2.00 bits per heavy atom. The normalized spacial score (nSPS) is 25.5. The van der Waals surface area contributed by atoms with Crippen molar-refractivity contribution >= 4 is 5.91 Å². The third-order valence-corrected chi connectivity index (χ3v) is 4.03. The van der Waals surface area contributed by atoms with Gasteiger partial charge in [0.25, 0.3) is 0 Å². The maximum atomic E-state index is 12.0. The van der Waals surface area contributed by atoms with Crippen LogP contribution in [0.25, 0.3) is 0 Å². The molecule has 3 nitrogen and oxygen atoms in total. The first-order valence-electron chi connectivity index (χ1n) is 6.40. The molecule has 2 rings (SSSR count). The molecule has 2 saturated carbocycles. The van der Waals surface area contributed by atoms with E-state index in [9.17, 15) is 10.1 Å². The van der Waals surface area contributed by atoms with Crippen LogP contribution in [0.2, 0.25) is 0 Å². The number of carbonyl (C=O) groups excluding carboxylic acids is 1. The van der Waals surface area contributed by atoms with E-state index in [1.807, 2.05) is 6.92 Å². The number of nitrogens with zero attached hydrogens (tertiary/aromatic N) is 1. The largest absolute Gasteiger partial charge is 0.338 e. The summed E-state index contributed by atoms with van der Waals surface area (Å²) in [6, 6.07) is 2.33. The highest BCUT2D eigenvalue weighted by atomic mass is 16.2. The Morgan fingerprint density at radius 3 is 2.50 bits per heavy atom. The Labute approximate surface area is 97.2 Å². The molecule has 2 aliphatic rings. The van der Waals surface area contributed by atoms with Gasteiger partial charge in [0, 0.05) is 5.92 Å². The molecule has 0 aromatic carbocycles. The molecule has 0 aliphatic heterocycles. The predicted octanol–water partition coefficient (Wildman–Crippen LogP) is 2.38. The second-order valence-corrected chi connectivity index (χ2v) is 5.37. The van der Waals surface area contributed by atoms with Crippen molar-refractivity contribution in [1.29, 1.82) is 5.26 Å². The van der Waals surface area contributed by atoms with Crippen LogP contribution in [-0.4, -0.2) is 11.4 Å². The van der Waals surface area contributed by atoms with Gasteiger partial charge in [0.05, 0.1) is 6.07 Å². The molecular weight excluding hydrogens is 200 g/mol. The third kappa shape index (κ3) is 2.37. The summed E-state index contributed by atoms with van der Waals surface area (Å²) in [5, 5.41) is 12.3. The highest BCUT2D eigenvalue weighted by molar-refractivity contribution is 5.80.